The van der Waals surface area contributed by atoms with Crippen LogP contribution in [0.25, 0.3) is 10.9 Å². The van der Waals surface area contributed by atoms with Gasteiger partial charge in [-0.05, 0) is 30.5 Å². The minimum absolute atomic E-state index is 0.00311. The highest BCUT2D eigenvalue weighted by Crippen LogP contribution is 2.30. The van der Waals surface area contributed by atoms with Crippen molar-refractivity contribution in [3.63, 3.8) is 0 Å². The summed E-state index contributed by atoms with van der Waals surface area (Å²) in [5, 5.41) is 5.89. The Hall–Kier alpha value is -4.22. The number of para-hydroxylation sites is 1. The molecule has 184 valence electrons. The number of ether oxygens (including phenoxy) is 1. The molecule has 0 bridgehead atoms. The predicted molar refractivity (Wildman–Crippen MR) is 122 cm³/mol. The predicted octanol–water partition coefficient (Wildman–Crippen LogP) is 4.35. The lowest BCUT2D eigenvalue weighted by atomic mass is 10.1. The number of carbonyl (C=O) groups is 3. The molecule has 9 nitrogen and oxygen atoms in total. The minimum Gasteiger partial charge on any atom is -0.406 e. The van der Waals surface area contributed by atoms with E-state index in [-0.39, 0.29) is 18.2 Å². The molecule has 4 amide bonds. The first-order valence-corrected chi connectivity index (χ1v) is 10.7. The fraction of sp³-hybridized carbons (Fsp3) is 0.261. The van der Waals surface area contributed by atoms with Crippen LogP contribution in [0, 0.1) is 5.92 Å². The summed E-state index contributed by atoms with van der Waals surface area (Å²) < 4.78 is 42.6. The number of aromatic nitrogens is 1. The molecule has 3 aromatic rings. The number of anilines is 2. The van der Waals surface area contributed by atoms with Crippen molar-refractivity contribution in [3.05, 3.63) is 54.7 Å². The standard InChI is InChI=1S/C23H22F3N5O4/c1-13-9-19(20(32)28-14-5-4-6-15(10-14)35-23(24,25)26)31(11-13)22(34)29-17-12-30(21(27)33)18-8-3-2-7-16(17)18/h2-8,10,12-13,19H,9,11H2,1H3,(H2,27,33)(H,28,32)(H,29,34)/t13-,19+/m1/s1. The van der Waals surface area contributed by atoms with Crippen molar-refractivity contribution in [3.8, 4) is 5.75 Å². The molecule has 1 saturated heterocycles. The number of rotatable bonds is 4. The summed E-state index contributed by atoms with van der Waals surface area (Å²) in [5.74, 6) is -1.02. The van der Waals surface area contributed by atoms with E-state index in [2.05, 4.69) is 15.4 Å². The van der Waals surface area contributed by atoms with E-state index < -0.39 is 36.1 Å². The van der Waals surface area contributed by atoms with Crippen molar-refractivity contribution in [2.24, 2.45) is 11.7 Å². The summed E-state index contributed by atoms with van der Waals surface area (Å²) in [4.78, 5) is 39.2. The molecule has 4 N–H and O–H groups in total. The van der Waals surface area contributed by atoms with Crippen LogP contribution in [0.15, 0.2) is 54.7 Å². The molecule has 0 aliphatic carbocycles. The molecule has 0 unspecified atom stereocenters. The Bertz CT molecular complexity index is 1290. The van der Waals surface area contributed by atoms with Crippen molar-refractivity contribution >= 4 is 40.2 Å². The summed E-state index contributed by atoms with van der Waals surface area (Å²) in [6.45, 7) is 2.17. The third-order valence-electron chi connectivity index (χ3n) is 5.60. The van der Waals surface area contributed by atoms with Gasteiger partial charge < -0.3 is 26.0 Å². The molecular weight excluding hydrogens is 467 g/mol. The number of benzene rings is 2. The number of alkyl halides is 3. The molecule has 35 heavy (non-hydrogen) atoms. The summed E-state index contributed by atoms with van der Waals surface area (Å²) in [7, 11) is 0. The Kier molecular flexibility index (Phi) is 6.29. The zero-order chi connectivity index (χ0) is 25.3. The van der Waals surface area contributed by atoms with E-state index in [1.165, 1.54) is 27.8 Å². The first-order valence-electron chi connectivity index (χ1n) is 10.7. The van der Waals surface area contributed by atoms with Crippen molar-refractivity contribution in [2.45, 2.75) is 25.7 Å². The summed E-state index contributed by atoms with van der Waals surface area (Å²) in [6.07, 6.45) is -3.09. The Morgan fingerprint density at radius 1 is 1.09 bits per heavy atom. The zero-order valence-electron chi connectivity index (χ0n) is 18.5. The molecule has 0 radical (unpaired) electrons. The van der Waals surface area contributed by atoms with Crippen LogP contribution in [-0.2, 0) is 4.79 Å². The van der Waals surface area contributed by atoms with Crippen LogP contribution >= 0.6 is 0 Å². The van der Waals surface area contributed by atoms with Gasteiger partial charge in [-0.25, -0.2) is 9.59 Å². The second kappa shape index (κ2) is 9.20. The minimum atomic E-state index is -4.87. The van der Waals surface area contributed by atoms with Gasteiger partial charge in [0.2, 0.25) is 5.91 Å². The number of likely N-dealkylation sites (tertiary alicyclic amines) is 1. The highest BCUT2D eigenvalue weighted by Gasteiger charge is 2.38. The first-order chi connectivity index (χ1) is 16.5. The van der Waals surface area contributed by atoms with Crippen LogP contribution in [0.5, 0.6) is 5.75 Å². The SMILES string of the molecule is C[C@@H]1C[C@@H](C(=O)Nc2cccc(OC(F)(F)F)c2)N(C(=O)Nc2cn(C(N)=O)c3ccccc23)C1. The number of nitrogens with two attached hydrogens (primary N) is 1. The van der Waals surface area contributed by atoms with Gasteiger partial charge in [0.25, 0.3) is 0 Å². The average Bonchev–Trinajstić information content (AvgIpc) is 3.34. The van der Waals surface area contributed by atoms with Gasteiger partial charge in [0.15, 0.2) is 0 Å². The van der Waals surface area contributed by atoms with E-state index in [4.69, 9.17) is 5.73 Å². The lowest BCUT2D eigenvalue weighted by Crippen LogP contribution is -2.45. The maximum absolute atomic E-state index is 13.1. The molecule has 0 spiro atoms. The van der Waals surface area contributed by atoms with Crippen LogP contribution in [0.4, 0.5) is 34.1 Å². The van der Waals surface area contributed by atoms with Crippen molar-refractivity contribution in [1.29, 1.82) is 0 Å². The Morgan fingerprint density at radius 2 is 1.83 bits per heavy atom. The number of nitrogens with one attached hydrogen (secondary N) is 2. The van der Waals surface area contributed by atoms with Crippen LogP contribution in [0.2, 0.25) is 0 Å². The summed E-state index contributed by atoms with van der Waals surface area (Å²) in [5.41, 5.74) is 6.38. The summed E-state index contributed by atoms with van der Waals surface area (Å²) >= 11 is 0. The number of primary amides is 1. The van der Waals surface area contributed by atoms with Crippen LogP contribution in [0.3, 0.4) is 0 Å². The van der Waals surface area contributed by atoms with Gasteiger partial charge in [0.05, 0.1) is 11.2 Å². The van der Waals surface area contributed by atoms with Gasteiger partial charge in [0, 0.05) is 29.9 Å². The lowest BCUT2D eigenvalue weighted by molar-refractivity contribution is -0.274. The maximum Gasteiger partial charge on any atom is 0.573 e. The van der Waals surface area contributed by atoms with Gasteiger partial charge in [-0.1, -0.05) is 31.2 Å². The number of carbonyl (C=O) groups excluding carboxylic acids is 3. The van der Waals surface area contributed by atoms with E-state index in [0.29, 0.717) is 23.0 Å². The lowest BCUT2D eigenvalue weighted by Gasteiger charge is -2.24. The van der Waals surface area contributed by atoms with Gasteiger partial charge in [-0.2, -0.15) is 0 Å². The smallest absolute Gasteiger partial charge is 0.406 e. The summed E-state index contributed by atoms with van der Waals surface area (Å²) in [6, 6.07) is 9.63. The quantitative estimate of drug-likeness (QED) is 0.505. The highest BCUT2D eigenvalue weighted by atomic mass is 19.4. The zero-order valence-corrected chi connectivity index (χ0v) is 18.5. The fourth-order valence-corrected chi connectivity index (χ4v) is 4.16. The first kappa shape index (κ1) is 23.9. The van der Waals surface area contributed by atoms with E-state index >= 15 is 0 Å². The van der Waals surface area contributed by atoms with Gasteiger partial charge in [-0.15, -0.1) is 13.2 Å². The van der Waals surface area contributed by atoms with Crippen LogP contribution < -0.4 is 21.1 Å². The van der Waals surface area contributed by atoms with Gasteiger partial charge in [0.1, 0.15) is 11.8 Å². The van der Waals surface area contributed by atoms with E-state index in [1.54, 1.807) is 24.3 Å². The molecule has 2 aromatic carbocycles. The number of amides is 4. The van der Waals surface area contributed by atoms with Gasteiger partial charge in [-0.3, -0.25) is 9.36 Å². The van der Waals surface area contributed by atoms with Crippen LogP contribution in [0.1, 0.15) is 13.3 Å². The Morgan fingerprint density at radius 3 is 2.54 bits per heavy atom. The number of hydrogen-bond donors (Lipinski definition) is 3. The molecular formula is C23H22F3N5O4. The second-order valence-electron chi connectivity index (χ2n) is 8.27. The molecule has 0 saturated carbocycles. The third kappa shape index (κ3) is 5.31. The maximum atomic E-state index is 13.1. The largest absolute Gasteiger partial charge is 0.573 e. The molecule has 1 aliphatic rings. The van der Waals surface area contributed by atoms with Crippen molar-refractivity contribution < 1.29 is 32.3 Å². The topological polar surface area (TPSA) is 119 Å². The molecule has 1 fully saturated rings. The average molecular weight is 489 g/mol. The number of halogens is 3. The van der Waals surface area contributed by atoms with Gasteiger partial charge >= 0.3 is 18.4 Å². The third-order valence-corrected chi connectivity index (χ3v) is 5.60. The van der Waals surface area contributed by atoms with E-state index in [1.807, 2.05) is 6.92 Å². The molecule has 2 atom stereocenters. The molecule has 12 heteroatoms. The van der Waals surface area contributed by atoms with Crippen LogP contribution in [-0.4, -0.2) is 46.4 Å². The second-order valence-corrected chi connectivity index (χ2v) is 8.27. The normalized spacial score (nSPS) is 17.9. The van der Waals surface area contributed by atoms with E-state index in [0.717, 1.165) is 12.1 Å². The highest BCUT2D eigenvalue weighted by molar-refractivity contribution is 6.06. The Labute approximate surface area is 197 Å². The fourth-order valence-electron chi connectivity index (χ4n) is 4.16. The van der Waals surface area contributed by atoms with Crippen molar-refractivity contribution in [1.82, 2.24) is 9.47 Å². The van der Waals surface area contributed by atoms with E-state index in [9.17, 15) is 27.6 Å². The molecule has 2 heterocycles. The molecule has 4 rings (SSSR count). The number of fused-ring (bicyclic) bond motifs is 1. The molecule has 1 aromatic heterocycles. The number of hydrogen-bond acceptors (Lipinski definition) is 4. The molecule has 1 aliphatic heterocycles. The number of urea groups is 1. The Balaban J connectivity index is 1.51. The number of nitrogens with zero attached hydrogens (tertiary/aromatic N) is 2. The monoisotopic (exact) mass is 489 g/mol. The van der Waals surface area contributed by atoms with Crippen molar-refractivity contribution in [2.75, 3.05) is 17.2 Å².